The first kappa shape index (κ1) is 29.1. The van der Waals surface area contributed by atoms with E-state index < -0.39 is 51.1 Å². The van der Waals surface area contributed by atoms with Gasteiger partial charge in [0.15, 0.2) is 9.84 Å². The van der Waals surface area contributed by atoms with E-state index in [4.69, 9.17) is 22.6 Å². The van der Waals surface area contributed by atoms with Crippen molar-refractivity contribution < 1.29 is 22.8 Å². The van der Waals surface area contributed by atoms with E-state index in [1.807, 2.05) is 6.07 Å². The second-order valence-electron chi connectivity index (χ2n) is 9.83. The van der Waals surface area contributed by atoms with Crippen molar-refractivity contribution >= 4 is 44.8 Å². The number of hydrogen-bond donors (Lipinski definition) is 3. The highest BCUT2D eigenvalue weighted by atomic mass is 35.5. The molecule has 36 heavy (non-hydrogen) atoms. The maximum atomic E-state index is 13.6. The molecule has 0 unspecified atom stereocenters. The molecular formula is C24H32ClN5O5S. The standard InChI is InChI=1S/C24H32ClN5O5S/c1-24(2,3)20(29-21(31)15-7-8-18(27)17(25)14-15)23(33)30-12-5-6-19(30)22(32)28-16(9-11-26)10-13-36(4,34)35/h7-8,10,13-14,16,19-20H,5-6,9,12,27H2,1-4H3,(H,28,32)(H,29,31)/b13-10+/t16-,19+,20+/m0/s1. The molecule has 3 amide bonds. The SMILES string of the molecule is CC(C)(C)[C@H](NC(=O)c1ccc(N)c(Cl)c1)C(=O)N1CCC[C@@H]1C(=O)N[C@H](/C=C/S(C)(=O)=O)CC#N. The number of amides is 3. The molecule has 2 rings (SSSR count). The summed E-state index contributed by atoms with van der Waals surface area (Å²) in [4.78, 5) is 41.0. The van der Waals surface area contributed by atoms with Gasteiger partial charge in [-0.2, -0.15) is 5.26 Å². The zero-order valence-corrected chi connectivity index (χ0v) is 22.3. The monoisotopic (exact) mass is 537 g/mol. The van der Waals surface area contributed by atoms with Crippen LogP contribution in [0, 0.1) is 16.7 Å². The molecule has 0 spiro atoms. The molecule has 1 saturated heterocycles. The van der Waals surface area contributed by atoms with Gasteiger partial charge in [0, 0.05) is 23.8 Å². The van der Waals surface area contributed by atoms with Gasteiger partial charge >= 0.3 is 0 Å². The maximum absolute atomic E-state index is 13.6. The summed E-state index contributed by atoms with van der Waals surface area (Å²) in [5, 5.41) is 15.6. The number of carbonyl (C=O) groups is 3. The van der Waals surface area contributed by atoms with E-state index in [1.165, 1.54) is 29.2 Å². The summed E-state index contributed by atoms with van der Waals surface area (Å²) in [6.45, 7) is 5.72. The number of hydrogen-bond acceptors (Lipinski definition) is 7. The highest BCUT2D eigenvalue weighted by Crippen LogP contribution is 2.27. The lowest BCUT2D eigenvalue weighted by molar-refractivity contribution is -0.142. The summed E-state index contributed by atoms with van der Waals surface area (Å²) >= 11 is 6.03. The third kappa shape index (κ3) is 7.96. The largest absolute Gasteiger partial charge is 0.398 e. The fraction of sp³-hybridized carbons (Fsp3) is 0.500. The van der Waals surface area contributed by atoms with Gasteiger partial charge in [-0.1, -0.05) is 32.4 Å². The second-order valence-corrected chi connectivity index (χ2v) is 12.2. The molecule has 1 aromatic carbocycles. The highest BCUT2D eigenvalue weighted by Gasteiger charge is 2.42. The van der Waals surface area contributed by atoms with E-state index in [0.717, 1.165) is 11.7 Å². The number of anilines is 1. The predicted molar refractivity (Wildman–Crippen MR) is 137 cm³/mol. The van der Waals surface area contributed by atoms with Crippen LogP contribution in [0.4, 0.5) is 5.69 Å². The van der Waals surface area contributed by atoms with Crippen LogP contribution in [0.3, 0.4) is 0 Å². The van der Waals surface area contributed by atoms with Gasteiger partial charge in [0.2, 0.25) is 11.8 Å². The number of likely N-dealkylation sites (tertiary alicyclic amines) is 1. The fourth-order valence-corrected chi connectivity index (χ4v) is 4.44. The molecule has 0 aromatic heterocycles. The summed E-state index contributed by atoms with van der Waals surface area (Å²) < 4.78 is 22.9. The van der Waals surface area contributed by atoms with Gasteiger partial charge < -0.3 is 21.3 Å². The fourth-order valence-electron chi connectivity index (χ4n) is 3.78. The van der Waals surface area contributed by atoms with Gasteiger partial charge in [0.05, 0.1) is 29.2 Å². The summed E-state index contributed by atoms with van der Waals surface area (Å²) in [6.07, 6.45) is 3.08. The average Bonchev–Trinajstić information content (AvgIpc) is 3.26. The molecule has 0 aliphatic carbocycles. The average molecular weight is 538 g/mol. The Kier molecular flexibility index (Phi) is 9.51. The van der Waals surface area contributed by atoms with Gasteiger partial charge in [-0.15, -0.1) is 0 Å². The Morgan fingerprint density at radius 3 is 2.53 bits per heavy atom. The molecule has 1 aliphatic rings. The van der Waals surface area contributed by atoms with Crippen molar-refractivity contribution in [3.8, 4) is 6.07 Å². The molecule has 0 bridgehead atoms. The van der Waals surface area contributed by atoms with Crippen molar-refractivity contribution in [2.45, 2.75) is 58.2 Å². The van der Waals surface area contributed by atoms with Crippen molar-refractivity contribution in [2.75, 3.05) is 18.5 Å². The van der Waals surface area contributed by atoms with Crippen LogP contribution in [-0.4, -0.2) is 62.0 Å². The van der Waals surface area contributed by atoms with Gasteiger partial charge in [-0.05, 0) is 42.5 Å². The van der Waals surface area contributed by atoms with Crippen LogP contribution >= 0.6 is 11.6 Å². The van der Waals surface area contributed by atoms with E-state index in [1.54, 1.807) is 20.8 Å². The molecule has 0 radical (unpaired) electrons. The first-order valence-electron chi connectivity index (χ1n) is 11.4. The number of rotatable bonds is 8. The number of nitrogen functional groups attached to an aromatic ring is 1. The molecule has 1 fully saturated rings. The van der Waals surface area contributed by atoms with Gasteiger partial charge in [0.25, 0.3) is 5.91 Å². The van der Waals surface area contributed by atoms with Crippen molar-refractivity contribution in [3.63, 3.8) is 0 Å². The Labute approximate surface area is 216 Å². The van der Waals surface area contributed by atoms with E-state index >= 15 is 0 Å². The molecule has 0 saturated carbocycles. The predicted octanol–water partition coefficient (Wildman–Crippen LogP) is 2.01. The molecule has 196 valence electrons. The number of sulfone groups is 1. The maximum Gasteiger partial charge on any atom is 0.252 e. The second kappa shape index (κ2) is 11.8. The topological polar surface area (TPSA) is 162 Å². The van der Waals surface area contributed by atoms with Crippen molar-refractivity contribution in [1.82, 2.24) is 15.5 Å². The minimum absolute atomic E-state index is 0.136. The molecular weight excluding hydrogens is 506 g/mol. The van der Waals surface area contributed by atoms with Crippen molar-refractivity contribution in [3.05, 3.63) is 40.3 Å². The third-order valence-corrected chi connectivity index (χ3v) is 6.67. The van der Waals surface area contributed by atoms with E-state index in [9.17, 15) is 22.8 Å². The molecule has 4 N–H and O–H groups in total. The highest BCUT2D eigenvalue weighted by molar-refractivity contribution is 7.93. The zero-order valence-electron chi connectivity index (χ0n) is 20.7. The quantitative estimate of drug-likeness (QED) is 0.427. The number of carbonyl (C=O) groups excluding carboxylic acids is 3. The van der Waals surface area contributed by atoms with Gasteiger partial charge in [-0.25, -0.2) is 8.42 Å². The molecule has 1 aliphatic heterocycles. The number of nitriles is 1. The van der Waals surface area contributed by atoms with Crippen LogP contribution in [0.2, 0.25) is 5.02 Å². The Balaban J connectivity index is 2.23. The number of nitrogens with two attached hydrogens (primary N) is 1. The Morgan fingerprint density at radius 1 is 1.31 bits per heavy atom. The third-order valence-electron chi connectivity index (χ3n) is 5.69. The number of nitrogens with one attached hydrogen (secondary N) is 2. The van der Waals surface area contributed by atoms with Crippen LogP contribution in [0.1, 0.15) is 50.4 Å². The molecule has 1 aromatic rings. The van der Waals surface area contributed by atoms with E-state index in [2.05, 4.69) is 10.6 Å². The normalized spacial score (nSPS) is 17.9. The van der Waals surface area contributed by atoms with Gasteiger partial charge in [-0.3, -0.25) is 14.4 Å². The van der Waals surface area contributed by atoms with E-state index in [-0.39, 0.29) is 17.0 Å². The number of halogens is 1. The summed E-state index contributed by atoms with van der Waals surface area (Å²) in [5.41, 5.74) is 5.59. The first-order chi connectivity index (χ1) is 16.6. The minimum atomic E-state index is -3.44. The Bertz CT molecular complexity index is 1190. The number of benzene rings is 1. The van der Waals surface area contributed by atoms with Crippen LogP contribution in [-0.2, 0) is 19.4 Å². The summed E-state index contributed by atoms with van der Waals surface area (Å²) in [7, 11) is -3.44. The lowest BCUT2D eigenvalue weighted by Crippen LogP contribution is -2.58. The summed E-state index contributed by atoms with van der Waals surface area (Å²) in [6, 6.07) is 3.74. The van der Waals surface area contributed by atoms with Crippen LogP contribution in [0.15, 0.2) is 29.7 Å². The molecule has 3 atom stereocenters. The molecule has 12 heteroatoms. The minimum Gasteiger partial charge on any atom is -0.398 e. The van der Waals surface area contributed by atoms with Crippen LogP contribution in [0.5, 0.6) is 0 Å². The zero-order chi connectivity index (χ0) is 27.3. The van der Waals surface area contributed by atoms with E-state index in [0.29, 0.717) is 25.1 Å². The number of nitrogens with zero attached hydrogens (tertiary/aromatic N) is 2. The lowest BCUT2D eigenvalue weighted by atomic mass is 9.85. The molecule has 10 nitrogen and oxygen atoms in total. The lowest BCUT2D eigenvalue weighted by Gasteiger charge is -2.35. The van der Waals surface area contributed by atoms with Gasteiger partial charge in [0.1, 0.15) is 12.1 Å². The first-order valence-corrected chi connectivity index (χ1v) is 13.7. The van der Waals surface area contributed by atoms with Crippen LogP contribution in [0.25, 0.3) is 0 Å². The Hall–Kier alpha value is -3.10. The summed E-state index contributed by atoms with van der Waals surface area (Å²) in [5.74, 6) is -1.42. The molecule has 1 heterocycles. The van der Waals surface area contributed by atoms with Crippen molar-refractivity contribution in [1.29, 1.82) is 5.26 Å². The van der Waals surface area contributed by atoms with Crippen molar-refractivity contribution in [2.24, 2.45) is 5.41 Å². The Morgan fingerprint density at radius 2 is 1.97 bits per heavy atom. The van der Waals surface area contributed by atoms with Crippen LogP contribution < -0.4 is 16.4 Å². The smallest absolute Gasteiger partial charge is 0.252 e.